The molecule has 0 aliphatic heterocycles. The summed E-state index contributed by atoms with van der Waals surface area (Å²) in [5, 5.41) is 5.38. The molecule has 1 aromatic heterocycles. The molecule has 26 heavy (non-hydrogen) atoms. The number of nitrogens with zero attached hydrogens (tertiary/aromatic N) is 1. The van der Waals surface area contributed by atoms with Crippen LogP contribution in [0.15, 0.2) is 67.0 Å². The molecule has 0 unspecified atom stereocenters. The zero-order valence-corrected chi connectivity index (χ0v) is 14.5. The van der Waals surface area contributed by atoms with E-state index in [0.29, 0.717) is 22.6 Å². The minimum absolute atomic E-state index is 0.238. The summed E-state index contributed by atoms with van der Waals surface area (Å²) >= 11 is 0. The predicted octanol–water partition coefficient (Wildman–Crippen LogP) is 3.10. The number of amides is 2. The van der Waals surface area contributed by atoms with E-state index in [9.17, 15) is 9.59 Å². The highest BCUT2D eigenvalue weighted by atomic mass is 16.5. The van der Waals surface area contributed by atoms with E-state index in [4.69, 9.17) is 4.74 Å². The van der Waals surface area contributed by atoms with Crippen molar-refractivity contribution in [2.24, 2.45) is 0 Å². The Morgan fingerprint density at radius 2 is 1.65 bits per heavy atom. The molecular weight excluding hydrogens is 330 g/mol. The maximum Gasteiger partial charge on any atom is 0.255 e. The number of nitrogens with one attached hydrogen (secondary N) is 2. The van der Waals surface area contributed by atoms with E-state index in [2.05, 4.69) is 10.6 Å². The van der Waals surface area contributed by atoms with Crippen LogP contribution in [0.2, 0.25) is 0 Å². The Kier molecular flexibility index (Phi) is 5.03. The summed E-state index contributed by atoms with van der Waals surface area (Å²) < 4.78 is 7.20. The molecule has 0 aliphatic carbocycles. The van der Waals surface area contributed by atoms with E-state index in [1.54, 1.807) is 37.4 Å². The maximum absolute atomic E-state index is 12.7. The lowest BCUT2D eigenvalue weighted by Crippen LogP contribution is -2.19. The van der Waals surface area contributed by atoms with Crippen molar-refractivity contribution >= 4 is 17.5 Å². The lowest BCUT2D eigenvalue weighted by molar-refractivity contribution is 0.0961. The van der Waals surface area contributed by atoms with Crippen LogP contribution < -0.4 is 15.4 Å². The van der Waals surface area contributed by atoms with Gasteiger partial charge < -0.3 is 19.9 Å². The molecule has 0 saturated carbocycles. The molecule has 0 atom stereocenters. The summed E-state index contributed by atoms with van der Waals surface area (Å²) in [5.74, 6) is -0.0447. The molecule has 0 fully saturated rings. The van der Waals surface area contributed by atoms with Gasteiger partial charge in [-0.05, 0) is 48.5 Å². The lowest BCUT2D eigenvalue weighted by atomic mass is 10.1. The highest BCUT2D eigenvalue weighted by Crippen LogP contribution is 2.26. The minimum atomic E-state index is -0.286. The smallest absolute Gasteiger partial charge is 0.255 e. The van der Waals surface area contributed by atoms with Gasteiger partial charge >= 0.3 is 0 Å². The number of rotatable bonds is 5. The maximum atomic E-state index is 12.7. The quantitative estimate of drug-likeness (QED) is 0.743. The van der Waals surface area contributed by atoms with Gasteiger partial charge in [0.1, 0.15) is 5.75 Å². The third kappa shape index (κ3) is 3.59. The molecule has 0 saturated heterocycles. The molecule has 1 heterocycles. The number of benzene rings is 2. The number of hydrogen-bond donors (Lipinski definition) is 2. The largest absolute Gasteiger partial charge is 0.495 e. The van der Waals surface area contributed by atoms with Gasteiger partial charge in [-0.25, -0.2) is 0 Å². The van der Waals surface area contributed by atoms with Crippen molar-refractivity contribution in [2.75, 3.05) is 19.5 Å². The normalized spacial score (nSPS) is 10.2. The second-order valence-corrected chi connectivity index (χ2v) is 5.59. The molecule has 6 nitrogen and oxygen atoms in total. The van der Waals surface area contributed by atoms with E-state index in [1.165, 1.54) is 7.11 Å². The first-order valence-electron chi connectivity index (χ1n) is 8.07. The Morgan fingerprint density at radius 1 is 0.923 bits per heavy atom. The zero-order chi connectivity index (χ0) is 18.5. The topological polar surface area (TPSA) is 72.4 Å². The van der Waals surface area contributed by atoms with Crippen molar-refractivity contribution < 1.29 is 14.3 Å². The Bertz CT molecular complexity index is 933. The van der Waals surface area contributed by atoms with E-state index in [0.717, 1.165) is 5.69 Å². The van der Waals surface area contributed by atoms with Crippen LogP contribution in [0.25, 0.3) is 5.69 Å². The Balaban J connectivity index is 1.88. The summed E-state index contributed by atoms with van der Waals surface area (Å²) in [7, 11) is 3.06. The van der Waals surface area contributed by atoms with E-state index in [1.807, 2.05) is 41.2 Å². The van der Waals surface area contributed by atoms with Crippen molar-refractivity contribution in [1.29, 1.82) is 0 Å². The summed E-state index contributed by atoms with van der Waals surface area (Å²) in [5.41, 5.74) is 2.26. The SMILES string of the molecule is CNC(=O)c1ccc(OC)c(NC(=O)c2cccc(-n3cccc3)c2)c1. The van der Waals surface area contributed by atoms with E-state index in [-0.39, 0.29) is 11.8 Å². The first-order chi connectivity index (χ1) is 12.6. The molecule has 132 valence electrons. The van der Waals surface area contributed by atoms with Crippen LogP contribution in [0.1, 0.15) is 20.7 Å². The monoisotopic (exact) mass is 349 g/mol. The molecule has 3 aromatic rings. The second kappa shape index (κ2) is 7.57. The second-order valence-electron chi connectivity index (χ2n) is 5.59. The average Bonchev–Trinajstić information content (AvgIpc) is 3.22. The fourth-order valence-electron chi connectivity index (χ4n) is 2.60. The van der Waals surface area contributed by atoms with Gasteiger partial charge in [-0.1, -0.05) is 6.07 Å². The van der Waals surface area contributed by atoms with Gasteiger partial charge in [0.2, 0.25) is 0 Å². The summed E-state index contributed by atoms with van der Waals surface area (Å²) in [6.07, 6.45) is 3.82. The van der Waals surface area contributed by atoms with Gasteiger partial charge in [-0.2, -0.15) is 0 Å². The van der Waals surface area contributed by atoms with Crippen LogP contribution in [-0.2, 0) is 0 Å². The zero-order valence-electron chi connectivity index (χ0n) is 14.5. The molecule has 0 radical (unpaired) electrons. The predicted molar refractivity (Wildman–Crippen MR) is 100 cm³/mol. The van der Waals surface area contributed by atoms with E-state index >= 15 is 0 Å². The van der Waals surface area contributed by atoms with Gasteiger partial charge in [0.15, 0.2) is 0 Å². The van der Waals surface area contributed by atoms with Crippen molar-refractivity contribution in [3.05, 3.63) is 78.1 Å². The van der Waals surface area contributed by atoms with Crippen LogP contribution in [0.4, 0.5) is 5.69 Å². The van der Waals surface area contributed by atoms with Crippen LogP contribution in [0.5, 0.6) is 5.75 Å². The summed E-state index contributed by atoms with van der Waals surface area (Å²) in [6.45, 7) is 0. The molecule has 0 aliphatic rings. The molecule has 2 aromatic carbocycles. The number of carbonyl (C=O) groups is 2. The molecule has 3 rings (SSSR count). The first kappa shape index (κ1) is 17.3. The number of methoxy groups -OCH3 is 1. The van der Waals surface area contributed by atoms with Crippen LogP contribution in [0, 0.1) is 0 Å². The first-order valence-corrected chi connectivity index (χ1v) is 8.07. The summed E-state index contributed by atoms with van der Waals surface area (Å²) in [4.78, 5) is 24.5. The molecule has 6 heteroatoms. The van der Waals surface area contributed by atoms with Crippen molar-refractivity contribution in [3.8, 4) is 11.4 Å². The van der Waals surface area contributed by atoms with Crippen molar-refractivity contribution in [3.63, 3.8) is 0 Å². The highest BCUT2D eigenvalue weighted by molar-refractivity contribution is 6.06. The van der Waals surface area contributed by atoms with Crippen LogP contribution >= 0.6 is 0 Å². The summed E-state index contributed by atoms with van der Waals surface area (Å²) in [6, 6.07) is 16.0. The molecule has 2 N–H and O–H groups in total. The fraction of sp³-hybridized carbons (Fsp3) is 0.100. The standard InChI is InChI=1S/C20H19N3O3/c1-21-19(24)15-8-9-18(26-2)17(13-15)22-20(25)14-6-5-7-16(12-14)23-10-3-4-11-23/h3-13H,1-2H3,(H,21,24)(H,22,25). The minimum Gasteiger partial charge on any atom is -0.495 e. The fourth-order valence-corrected chi connectivity index (χ4v) is 2.60. The number of aromatic nitrogens is 1. The van der Waals surface area contributed by atoms with Crippen molar-refractivity contribution in [1.82, 2.24) is 9.88 Å². The molecular formula is C20H19N3O3. The molecule has 0 spiro atoms. The molecule has 2 amide bonds. The van der Waals surface area contributed by atoms with Gasteiger partial charge in [0.25, 0.3) is 11.8 Å². The lowest BCUT2D eigenvalue weighted by Gasteiger charge is -2.12. The third-order valence-electron chi connectivity index (χ3n) is 3.95. The Labute approximate surface area is 151 Å². The number of anilines is 1. The number of ether oxygens (including phenoxy) is 1. The van der Waals surface area contributed by atoms with E-state index < -0.39 is 0 Å². The van der Waals surface area contributed by atoms with Gasteiger partial charge in [0.05, 0.1) is 12.8 Å². The Hall–Kier alpha value is -3.54. The van der Waals surface area contributed by atoms with Gasteiger partial charge in [0, 0.05) is 36.3 Å². The third-order valence-corrected chi connectivity index (χ3v) is 3.95. The van der Waals surface area contributed by atoms with Gasteiger partial charge in [-0.15, -0.1) is 0 Å². The number of hydrogen-bond acceptors (Lipinski definition) is 3. The number of carbonyl (C=O) groups excluding carboxylic acids is 2. The average molecular weight is 349 g/mol. The van der Waals surface area contributed by atoms with Crippen molar-refractivity contribution in [2.45, 2.75) is 0 Å². The Morgan fingerprint density at radius 3 is 2.35 bits per heavy atom. The molecule has 0 bridgehead atoms. The highest BCUT2D eigenvalue weighted by Gasteiger charge is 2.13. The van der Waals surface area contributed by atoms with Crippen LogP contribution in [-0.4, -0.2) is 30.5 Å². The van der Waals surface area contributed by atoms with Gasteiger partial charge in [-0.3, -0.25) is 9.59 Å². The van der Waals surface area contributed by atoms with Crippen LogP contribution in [0.3, 0.4) is 0 Å².